The molecule has 0 saturated carbocycles. The minimum Gasteiger partial charge on any atom is -0.478 e. The Balaban J connectivity index is 2.76. The van der Waals surface area contributed by atoms with Gasteiger partial charge in [0.25, 0.3) is 5.91 Å². The predicted octanol–water partition coefficient (Wildman–Crippen LogP) is 3.01. The maximum Gasteiger partial charge on any atom is 0.331 e. The number of urea groups is 1. The molecule has 0 bridgehead atoms. The number of imide groups is 1. The SMILES string of the molecule is C/C(C(=O)O)=C(/C)C(=O)NC(=O)Nc1ccc(Cl)cc1I. The molecule has 0 radical (unpaired) electrons. The monoisotopic (exact) mass is 422 g/mol. The highest BCUT2D eigenvalue weighted by atomic mass is 127. The van der Waals surface area contributed by atoms with E-state index in [0.29, 0.717) is 14.3 Å². The zero-order valence-electron chi connectivity index (χ0n) is 11.2. The van der Waals surface area contributed by atoms with Crippen molar-refractivity contribution in [3.8, 4) is 0 Å². The standard InChI is InChI=1S/C13H12ClIN2O4/c1-6(7(2)12(19)20)11(18)17-13(21)16-10-4-3-8(14)5-9(10)15/h3-5H,1-2H3,(H,19,20)(H2,16,17,18,21)/b7-6+. The van der Waals surface area contributed by atoms with E-state index in [1.54, 1.807) is 18.2 Å². The molecule has 1 rings (SSSR count). The number of carboxylic acid groups (broad SMARTS) is 1. The molecule has 0 atom stereocenters. The summed E-state index contributed by atoms with van der Waals surface area (Å²) in [4.78, 5) is 34.2. The van der Waals surface area contributed by atoms with Gasteiger partial charge in [0, 0.05) is 19.7 Å². The number of aliphatic carboxylic acids is 1. The maximum atomic E-state index is 11.7. The summed E-state index contributed by atoms with van der Waals surface area (Å²) in [5.74, 6) is -1.98. The molecule has 0 aromatic heterocycles. The number of benzene rings is 1. The van der Waals surface area contributed by atoms with Gasteiger partial charge in [0.15, 0.2) is 0 Å². The van der Waals surface area contributed by atoms with E-state index in [2.05, 4.69) is 10.6 Å². The highest BCUT2D eigenvalue weighted by molar-refractivity contribution is 14.1. The molecule has 21 heavy (non-hydrogen) atoms. The zero-order chi connectivity index (χ0) is 16.2. The molecule has 0 spiro atoms. The Morgan fingerprint density at radius 1 is 1.19 bits per heavy atom. The van der Waals surface area contributed by atoms with E-state index in [1.165, 1.54) is 13.8 Å². The van der Waals surface area contributed by atoms with Crippen LogP contribution in [0.1, 0.15) is 13.8 Å². The van der Waals surface area contributed by atoms with Crippen LogP contribution >= 0.6 is 34.2 Å². The van der Waals surface area contributed by atoms with Gasteiger partial charge >= 0.3 is 12.0 Å². The molecule has 3 N–H and O–H groups in total. The van der Waals surface area contributed by atoms with Gasteiger partial charge in [-0.2, -0.15) is 0 Å². The summed E-state index contributed by atoms with van der Waals surface area (Å²) in [6.45, 7) is 2.62. The average Bonchev–Trinajstić information content (AvgIpc) is 2.40. The van der Waals surface area contributed by atoms with Crippen LogP contribution < -0.4 is 10.6 Å². The molecule has 112 valence electrons. The number of carboxylic acids is 1. The first-order valence-electron chi connectivity index (χ1n) is 5.70. The van der Waals surface area contributed by atoms with Crippen LogP contribution in [0.3, 0.4) is 0 Å². The van der Waals surface area contributed by atoms with Gasteiger partial charge < -0.3 is 10.4 Å². The van der Waals surface area contributed by atoms with Crippen molar-refractivity contribution in [1.82, 2.24) is 5.32 Å². The summed E-state index contributed by atoms with van der Waals surface area (Å²) in [5, 5.41) is 13.8. The molecule has 0 heterocycles. The van der Waals surface area contributed by atoms with Crippen molar-refractivity contribution in [3.63, 3.8) is 0 Å². The van der Waals surface area contributed by atoms with Crippen LogP contribution in [0.15, 0.2) is 29.3 Å². The summed E-state index contributed by atoms with van der Waals surface area (Å²) < 4.78 is 0.705. The summed E-state index contributed by atoms with van der Waals surface area (Å²) in [7, 11) is 0. The third-order valence-corrected chi connectivity index (χ3v) is 3.76. The zero-order valence-corrected chi connectivity index (χ0v) is 14.1. The van der Waals surface area contributed by atoms with E-state index in [0.717, 1.165) is 0 Å². The van der Waals surface area contributed by atoms with E-state index in [-0.39, 0.29) is 11.1 Å². The van der Waals surface area contributed by atoms with Gasteiger partial charge in [0.1, 0.15) is 0 Å². The molecule has 0 unspecified atom stereocenters. The predicted molar refractivity (Wildman–Crippen MR) is 87.3 cm³/mol. The van der Waals surface area contributed by atoms with Gasteiger partial charge in [-0.25, -0.2) is 9.59 Å². The Kier molecular flexibility index (Phi) is 6.16. The van der Waals surface area contributed by atoms with Gasteiger partial charge in [-0.15, -0.1) is 0 Å². The van der Waals surface area contributed by atoms with E-state index in [1.807, 2.05) is 22.6 Å². The number of halogens is 2. The Hall–Kier alpha value is -1.61. The number of anilines is 1. The van der Waals surface area contributed by atoms with Crippen LogP contribution in [0.4, 0.5) is 10.5 Å². The summed E-state index contributed by atoms with van der Waals surface area (Å²) >= 11 is 7.78. The Bertz CT molecular complexity index is 643. The van der Waals surface area contributed by atoms with Gasteiger partial charge in [0.2, 0.25) is 0 Å². The van der Waals surface area contributed by atoms with E-state index < -0.39 is 17.9 Å². The topological polar surface area (TPSA) is 95.5 Å². The van der Waals surface area contributed by atoms with Gasteiger partial charge in [-0.05, 0) is 54.6 Å². The quantitative estimate of drug-likeness (QED) is 0.515. The van der Waals surface area contributed by atoms with Crippen molar-refractivity contribution >= 4 is 57.8 Å². The first-order valence-corrected chi connectivity index (χ1v) is 7.16. The fourth-order valence-corrected chi connectivity index (χ4v) is 2.28. The molecular formula is C13H12ClIN2O4. The molecule has 0 aliphatic heterocycles. The molecule has 8 heteroatoms. The molecule has 0 aliphatic rings. The third-order valence-electron chi connectivity index (χ3n) is 2.63. The highest BCUT2D eigenvalue weighted by Crippen LogP contribution is 2.22. The minimum absolute atomic E-state index is 0.0385. The molecule has 0 saturated heterocycles. The number of amides is 3. The number of carbonyl (C=O) groups excluding carboxylic acids is 2. The van der Waals surface area contributed by atoms with Crippen molar-refractivity contribution in [2.45, 2.75) is 13.8 Å². The second-order valence-electron chi connectivity index (χ2n) is 4.09. The highest BCUT2D eigenvalue weighted by Gasteiger charge is 2.15. The Morgan fingerprint density at radius 3 is 2.33 bits per heavy atom. The largest absolute Gasteiger partial charge is 0.478 e. The van der Waals surface area contributed by atoms with Crippen LogP contribution in [0, 0.1) is 3.57 Å². The van der Waals surface area contributed by atoms with E-state index in [4.69, 9.17) is 16.7 Å². The summed E-state index contributed by atoms with van der Waals surface area (Å²) in [6, 6.07) is 4.09. The van der Waals surface area contributed by atoms with Gasteiger partial charge in [-0.1, -0.05) is 11.6 Å². The van der Waals surface area contributed by atoms with Crippen molar-refractivity contribution < 1.29 is 19.5 Å². The van der Waals surface area contributed by atoms with Crippen LogP contribution in [-0.2, 0) is 9.59 Å². The number of nitrogens with one attached hydrogen (secondary N) is 2. The molecule has 0 fully saturated rings. The lowest BCUT2D eigenvalue weighted by Crippen LogP contribution is -2.35. The Labute approximate surface area is 139 Å². The fourth-order valence-electron chi connectivity index (χ4n) is 1.27. The van der Waals surface area contributed by atoms with E-state index >= 15 is 0 Å². The van der Waals surface area contributed by atoms with Crippen LogP contribution in [0.25, 0.3) is 0 Å². The smallest absolute Gasteiger partial charge is 0.331 e. The van der Waals surface area contributed by atoms with Gasteiger partial charge in [-0.3, -0.25) is 10.1 Å². The molecule has 1 aromatic carbocycles. The summed E-state index contributed by atoms with van der Waals surface area (Å²) in [6.07, 6.45) is 0. The average molecular weight is 423 g/mol. The number of hydrogen-bond donors (Lipinski definition) is 3. The molecule has 1 aromatic rings. The first kappa shape index (κ1) is 17.4. The number of carbonyl (C=O) groups is 3. The van der Waals surface area contributed by atoms with Crippen LogP contribution in [0.2, 0.25) is 5.02 Å². The first-order chi connectivity index (χ1) is 9.72. The summed E-state index contributed by atoms with van der Waals surface area (Å²) in [5.41, 5.74) is 0.326. The minimum atomic E-state index is -1.21. The Morgan fingerprint density at radius 2 is 1.81 bits per heavy atom. The van der Waals surface area contributed by atoms with Crippen LogP contribution in [0.5, 0.6) is 0 Å². The van der Waals surface area contributed by atoms with Crippen molar-refractivity contribution in [2.75, 3.05) is 5.32 Å². The third kappa shape index (κ3) is 5.01. The normalized spacial score (nSPS) is 11.4. The molecule has 0 aliphatic carbocycles. The second-order valence-corrected chi connectivity index (χ2v) is 5.69. The molecule has 6 nitrogen and oxygen atoms in total. The fraction of sp³-hybridized carbons (Fsp3) is 0.154. The van der Waals surface area contributed by atoms with Crippen molar-refractivity contribution in [2.24, 2.45) is 0 Å². The molecule has 3 amide bonds. The lowest BCUT2D eigenvalue weighted by Gasteiger charge is -2.09. The van der Waals surface area contributed by atoms with Crippen molar-refractivity contribution in [1.29, 1.82) is 0 Å². The lowest BCUT2D eigenvalue weighted by molar-refractivity contribution is -0.133. The van der Waals surface area contributed by atoms with E-state index in [9.17, 15) is 14.4 Å². The van der Waals surface area contributed by atoms with Crippen molar-refractivity contribution in [3.05, 3.63) is 37.9 Å². The maximum absolute atomic E-state index is 11.7. The number of hydrogen-bond acceptors (Lipinski definition) is 3. The van der Waals surface area contributed by atoms with Crippen LogP contribution in [-0.4, -0.2) is 23.0 Å². The molecular weight excluding hydrogens is 411 g/mol. The lowest BCUT2D eigenvalue weighted by atomic mass is 10.1. The number of rotatable bonds is 3. The second kappa shape index (κ2) is 7.41. The van der Waals surface area contributed by atoms with Gasteiger partial charge in [0.05, 0.1) is 5.69 Å².